The maximum absolute atomic E-state index is 2.56. The van der Waals surface area contributed by atoms with Crippen molar-refractivity contribution in [2.24, 2.45) is 5.92 Å². The highest BCUT2D eigenvalue weighted by atomic mass is 15.0. The molecule has 3 rings (SSSR count). The summed E-state index contributed by atoms with van der Waals surface area (Å²) in [6, 6.07) is 13.4. The number of allylic oxidation sites excluding steroid dienone is 2. The normalized spacial score (nSPS) is 15.1. The van der Waals surface area contributed by atoms with Crippen LogP contribution in [0.5, 0.6) is 0 Å². The molecule has 0 fully saturated rings. The number of hydrogen-bond donors (Lipinski definition) is 0. The molecule has 1 heterocycles. The van der Waals surface area contributed by atoms with Gasteiger partial charge in [-0.25, -0.2) is 0 Å². The van der Waals surface area contributed by atoms with Crippen LogP contribution in [0.25, 0.3) is 10.8 Å². The van der Waals surface area contributed by atoms with Crippen molar-refractivity contribution >= 4 is 22.2 Å². The van der Waals surface area contributed by atoms with Crippen LogP contribution in [0.2, 0.25) is 0 Å². The van der Waals surface area contributed by atoms with Crippen molar-refractivity contribution in [1.82, 2.24) is 0 Å². The van der Waals surface area contributed by atoms with E-state index in [1.54, 1.807) is 0 Å². The van der Waals surface area contributed by atoms with Gasteiger partial charge in [-0.2, -0.15) is 4.58 Å². The van der Waals surface area contributed by atoms with Crippen LogP contribution in [0.15, 0.2) is 48.6 Å². The summed E-state index contributed by atoms with van der Waals surface area (Å²) in [4.78, 5) is 0. The fourth-order valence-corrected chi connectivity index (χ4v) is 3.74. The van der Waals surface area contributed by atoms with E-state index in [4.69, 9.17) is 0 Å². The van der Waals surface area contributed by atoms with Crippen LogP contribution in [0.3, 0.4) is 0 Å². The van der Waals surface area contributed by atoms with E-state index in [-0.39, 0.29) is 0 Å². The van der Waals surface area contributed by atoms with Gasteiger partial charge >= 0.3 is 0 Å². The molecule has 1 unspecified atom stereocenters. The van der Waals surface area contributed by atoms with E-state index < -0.39 is 0 Å². The van der Waals surface area contributed by atoms with Gasteiger partial charge in [-0.15, -0.1) is 0 Å². The highest BCUT2D eigenvalue weighted by Crippen LogP contribution is 2.36. The molecule has 23 heavy (non-hydrogen) atoms. The van der Waals surface area contributed by atoms with Gasteiger partial charge in [0.25, 0.3) is 0 Å². The molecule has 0 aromatic heterocycles. The van der Waals surface area contributed by atoms with Gasteiger partial charge in [0.1, 0.15) is 0 Å². The molecule has 0 N–H and O–H groups in total. The van der Waals surface area contributed by atoms with Crippen LogP contribution >= 0.6 is 0 Å². The Balaban J connectivity index is 2.06. The quantitative estimate of drug-likeness (QED) is 0.545. The highest BCUT2D eigenvalue weighted by Gasteiger charge is 2.31. The van der Waals surface area contributed by atoms with E-state index >= 15 is 0 Å². The summed E-state index contributed by atoms with van der Waals surface area (Å²) in [6.07, 6.45) is 9.66. The summed E-state index contributed by atoms with van der Waals surface area (Å²) < 4.78 is 2.56. The van der Waals surface area contributed by atoms with Crippen molar-refractivity contribution in [2.45, 2.75) is 46.5 Å². The molecule has 2 aromatic carbocycles. The molecule has 1 aliphatic rings. The Morgan fingerprint density at radius 2 is 1.87 bits per heavy atom. The fraction of sp³-hybridized carbons (Fsp3) is 0.409. The maximum Gasteiger partial charge on any atom is 0.214 e. The molecule has 0 amide bonds. The Bertz CT molecular complexity index is 746. The molecule has 1 aliphatic heterocycles. The number of benzene rings is 2. The largest absolute Gasteiger partial charge is 0.214 e. The Morgan fingerprint density at radius 3 is 2.57 bits per heavy atom. The van der Waals surface area contributed by atoms with Crippen molar-refractivity contribution in [2.75, 3.05) is 6.54 Å². The molecular weight excluding hydrogens is 278 g/mol. The van der Waals surface area contributed by atoms with Gasteiger partial charge in [-0.05, 0) is 31.2 Å². The Morgan fingerprint density at radius 1 is 1.09 bits per heavy atom. The molecule has 0 spiro atoms. The van der Waals surface area contributed by atoms with Crippen molar-refractivity contribution < 1.29 is 4.58 Å². The predicted molar refractivity (Wildman–Crippen MR) is 101 cm³/mol. The Labute approximate surface area is 140 Å². The minimum absolute atomic E-state index is 0.764. The second-order valence-electron chi connectivity index (χ2n) is 6.59. The third-order valence-electron chi connectivity index (χ3n) is 5.05. The summed E-state index contributed by atoms with van der Waals surface area (Å²) in [7, 11) is 0. The van der Waals surface area contributed by atoms with Gasteiger partial charge in [0, 0.05) is 18.1 Å². The SMILES string of the molecule is CC=CC1=[N+](CC(CC)CCCC)c2cccc3cccc1c23. The zero-order valence-corrected chi connectivity index (χ0v) is 14.7. The summed E-state index contributed by atoms with van der Waals surface area (Å²) in [5, 5.41) is 2.78. The first-order valence-electron chi connectivity index (χ1n) is 9.09. The Kier molecular flexibility index (Phi) is 4.95. The highest BCUT2D eigenvalue weighted by molar-refractivity contribution is 6.19. The van der Waals surface area contributed by atoms with Gasteiger partial charge in [0.15, 0.2) is 6.54 Å². The number of hydrogen-bond acceptors (Lipinski definition) is 0. The lowest BCUT2D eigenvalue weighted by Gasteiger charge is -2.12. The first kappa shape index (κ1) is 16.0. The van der Waals surface area contributed by atoms with Crippen molar-refractivity contribution in [3.05, 3.63) is 54.1 Å². The monoisotopic (exact) mass is 306 g/mol. The maximum atomic E-state index is 2.56. The number of nitrogens with zero attached hydrogens (tertiary/aromatic N) is 1. The van der Waals surface area contributed by atoms with Gasteiger partial charge < -0.3 is 0 Å². The molecule has 2 aromatic rings. The van der Waals surface area contributed by atoms with Gasteiger partial charge in [-0.3, -0.25) is 0 Å². The van der Waals surface area contributed by atoms with Gasteiger partial charge in [0.2, 0.25) is 11.4 Å². The molecule has 1 heteroatoms. The molecule has 1 atom stereocenters. The van der Waals surface area contributed by atoms with E-state index in [1.807, 2.05) is 0 Å². The van der Waals surface area contributed by atoms with E-state index in [0.717, 1.165) is 12.5 Å². The van der Waals surface area contributed by atoms with Crippen molar-refractivity contribution in [1.29, 1.82) is 0 Å². The molecule has 0 saturated carbocycles. The first-order chi connectivity index (χ1) is 11.3. The second-order valence-corrected chi connectivity index (χ2v) is 6.59. The molecule has 1 nitrogen and oxygen atoms in total. The zero-order valence-electron chi connectivity index (χ0n) is 14.7. The van der Waals surface area contributed by atoms with Gasteiger partial charge in [-0.1, -0.05) is 57.0 Å². The minimum atomic E-state index is 0.764. The molecular formula is C22H28N+. The van der Waals surface area contributed by atoms with E-state index in [1.165, 1.54) is 53.4 Å². The van der Waals surface area contributed by atoms with E-state index in [0.29, 0.717) is 0 Å². The second kappa shape index (κ2) is 7.12. The number of unbranched alkanes of at least 4 members (excludes halogenated alkanes) is 1. The molecule has 0 radical (unpaired) electrons. The van der Waals surface area contributed by atoms with Crippen LogP contribution in [0.4, 0.5) is 5.69 Å². The molecule has 0 aliphatic carbocycles. The minimum Gasteiger partial charge on any atom is -0.191 e. The van der Waals surface area contributed by atoms with Gasteiger partial charge in [0.05, 0.1) is 10.9 Å². The lowest BCUT2D eigenvalue weighted by atomic mass is 9.99. The first-order valence-corrected chi connectivity index (χ1v) is 9.09. The lowest BCUT2D eigenvalue weighted by molar-refractivity contribution is -0.445. The summed E-state index contributed by atoms with van der Waals surface area (Å²) >= 11 is 0. The molecule has 0 bridgehead atoms. The lowest BCUT2D eigenvalue weighted by Crippen LogP contribution is -2.20. The summed E-state index contributed by atoms with van der Waals surface area (Å²) in [5.74, 6) is 0.764. The van der Waals surface area contributed by atoms with Crippen molar-refractivity contribution in [3.8, 4) is 0 Å². The van der Waals surface area contributed by atoms with E-state index in [2.05, 4.69) is 73.9 Å². The topological polar surface area (TPSA) is 3.01 Å². The van der Waals surface area contributed by atoms with E-state index in [9.17, 15) is 0 Å². The van der Waals surface area contributed by atoms with Crippen LogP contribution in [-0.4, -0.2) is 16.8 Å². The summed E-state index contributed by atoms with van der Waals surface area (Å²) in [5.41, 5.74) is 4.15. The average molecular weight is 306 g/mol. The van der Waals surface area contributed by atoms with Crippen LogP contribution in [0.1, 0.15) is 52.0 Å². The standard InChI is InChI=1S/C22H28N/c1-4-7-11-17(6-3)16-23-20(10-5-2)19-14-8-12-18-13-9-15-21(23)22(18)19/h5,8-10,12-15,17H,4,6-7,11,16H2,1-3H3/q+1. The third kappa shape index (κ3) is 2.97. The number of rotatable bonds is 7. The Hall–Kier alpha value is -1.89. The fourth-order valence-electron chi connectivity index (χ4n) is 3.74. The van der Waals surface area contributed by atoms with Crippen LogP contribution in [-0.2, 0) is 0 Å². The van der Waals surface area contributed by atoms with Crippen LogP contribution < -0.4 is 0 Å². The summed E-state index contributed by atoms with van der Waals surface area (Å²) in [6.45, 7) is 7.86. The van der Waals surface area contributed by atoms with Crippen LogP contribution in [0, 0.1) is 5.92 Å². The zero-order chi connectivity index (χ0) is 16.2. The molecule has 0 saturated heterocycles. The predicted octanol–water partition coefficient (Wildman–Crippen LogP) is 6.08. The third-order valence-corrected chi connectivity index (χ3v) is 5.05. The average Bonchev–Trinajstić information content (AvgIpc) is 2.88. The molecule has 120 valence electrons. The van der Waals surface area contributed by atoms with Crippen molar-refractivity contribution in [3.63, 3.8) is 0 Å². The smallest absolute Gasteiger partial charge is 0.191 e.